The van der Waals surface area contributed by atoms with Gasteiger partial charge in [-0.25, -0.2) is 0 Å². The molecule has 1 aliphatic heterocycles. The van der Waals surface area contributed by atoms with Crippen molar-refractivity contribution in [2.45, 2.75) is 11.8 Å². The Morgan fingerprint density at radius 1 is 0.895 bits per heavy atom. The highest BCUT2D eigenvalue weighted by Crippen LogP contribution is 2.41. The van der Waals surface area contributed by atoms with Gasteiger partial charge in [-0.15, -0.1) is 0 Å². The summed E-state index contributed by atoms with van der Waals surface area (Å²) in [6.07, 6.45) is 0.938. The van der Waals surface area contributed by atoms with E-state index in [2.05, 4.69) is 53.5 Å². The molecule has 0 radical (unpaired) electrons. The van der Waals surface area contributed by atoms with Gasteiger partial charge in [0.15, 0.2) is 5.90 Å². The molecule has 2 heteroatoms. The van der Waals surface area contributed by atoms with Gasteiger partial charge in [0.05, 0.1) is 12.0 Å². The van der Waals surface area contributed by atoms with Crippen molar-refractivity contribution in [3.8, 4) is 0 Å². The van der Waals surface area contributed by atoms with Gasteiger partial charge in [0, 0.05) is 13.5 Å². The van der Waals surface area contributed by atoms with Crippen LogP contribution in [0.1, 0.15) is 17.5 Å². The molecular formula is C17H17NO. The molecule has 0 aromatic heterocycles. The minimum atomic E-state index is -0.225. The molecule has 0 atom stereocenters. The van der Waals surface area contributed by atoms with Crippen LogP contribution in [0.25, 0.3) is 0 Å². The lowest BCUT2D eigenvalue weighted by atomic mass is 9.73. The van der Waals surface area contributed by atoms with Crippen LogP contribution in [0, 0.1) is 0 Å². The van der Waals surface area contributed by atoms with Crippen LogP contribution in [-0.2, 0) is 10.2 Å². The summed E-state index contributed by atoms with van der Waals surface area (Å²) >= 11 is 0. The van der Waals surface area contributed by atoms with E-state index in [-0.39, 0.29) is 5.41 Å². The molecule has 2 aromatic rings. The second kappa shape index (κ2) is 4.88. The lowest BCUT2D eigenvalue weighted by Gasteiger charge is -2.28. The van der Waals surface area contributed by atoms with Crippen molar-refractivity contribution in [1.82, 2.24) is 0 Å². The Morgan fingerprint density at radius 2 is 1.42 bits per heavy atom. The summed E-state index contributed by atoms with van der Waals surface area (Å²) in [4.78, 5) is 4.39. The van der Waals surface area contributed by atoms with Crippen LogP contribution in [0.2, 0.25) is 0 Å². The summed E-state index contributed by atoms with van der Waals surface area (Å²) in [6, 6.07) is 21.0. The lowest BCUT2D eigenvalue weighted by Crippen LogP contribution is -2.33. The first-order chi connectivity index (χ1) is 9.38. The molecule has 3 rings (SSSR count). The van der Waals surface area contributed by atoms with E-state index in [1.54, 1.807) is 7.05 Å². The molecule has 19 heavy (non-hydrogen) atoms. The second-order valence-corrected chi connectivity index (χ2v) is 4.76. The van der Waals surface area contributed by atoms with Crippen molar-refractivity contribution in [3.63, 3.8) is 0 Å². The van der Waals surface area contributed by atoms with Gasteiger partial charge < -0.3 is 4.74 Å². The zero-order valence-corrected chi connectivity index (χ0v) is 11.0. The number of hydrogen-bond acceptors (Lipinski definition) is 2. The fraction of sp³-hybridized carbons (Fsp3) is 0.235. The maximum Gasteiger partial charge on any atom is 0.198 e. The van der Waals surface area contributed by atoms with Gasteiger partial charge in [-0.2, -0.15) is 0 Å². The molecule has 0 bridgehead atoms. The van der Waals surface area contributed by atoms with Crippen molar-refractivity contribution in [3.05, 3.63) is 71.8 Å². The van der Waals surface area contributed by atoms with E-state index < -0.39 is 0 Å². The Kier molecular flexibility index (Phi) is 3.08. The molecule has 2 nitrogen and oxygen atoms in total. The number of nitrogens with zero attached hydrogens (tertiary/aromatic N) is 1. The molecule has 1 fully saturated rings. The Hall–Kier alpha value is -2.09. The number of rotatable bonds is 2. The minimum Gasteiger partial charge on any atom is -0.480 e. The quantitative estimate of drug-likeness (QED) is 0.801. The number of aliphatic imine (C=N–C) groups is 1. The Morgan fingerprint density at radius 3 is 1.89 bits per heavy atom. The first kappa shape index (κ1) is 12.0. The van der Waals surface area contributed by atoms with E-state index in [0.717, 1.165) is 18.9 Å². The molecule has 0 N–H and O–H groups in total. The maximum absolute atomic E-state index is 5.78. The summed E-state index contributed by atoms with van der Waals surface area (Å²) in [5.74, 6) is 0.824. The van der Waals surface area contributed by atoms with Crippen molar-refractivity contribution in [2.24, 2.45) is 4.99 Å². The Bertz CT molecular complexity index is 535. The molecule has 0 saturated carbocycles. The second-order valence-electron chi connectivity index (χ2n) is 4.76. The average molecular weight is 251 g/mol. The number of ether oxygens (including phenoxy) is 1. The van der Waals surface area contributed by atoms with Crippen LogP contribution in [0.3, 0.4) is 0 Å². The number of hydrogen-bond donors (Lipinski definition) is 0. The van der Waals surface area contributed by atoms with Crippen LogP contribution in [0.4, 0.5) is 0 Å². The van der Waals surface area contributed by atoms with Gasteiger partial charge in [-0.1, -0.05) is 60.7 Å². The van der Waals surface area contributed by atoms with Gasteiger partial charge >= 0.3 is 0 Å². The zero-order chi connectivity index (χ0) is 13.1. The van der Waals surface area contributed by atoms with Crippen molar-refractivity contribution in [1.29, 1.82) is 0 Å². The summed E-state index contributed by atoms with van der Waals surface area (Å²) < 4.78 is 5.78. The van der Waals surface area contributed by atoms with E-state index in [1.807, 2.05) is 12.1 Å². The van der Waals surface area contributed by atoms with Crippen LogP contribution in [0.15, 0.2) is 65.7 Å². The van der Waals surface area contributed by atoms with E-state index in [0.29, 0.717) is 0 Å². The van der Waals surface area contributed by atoms with E-state index >= 15 is 0 Å². The predicted octanol–water partition coefficient (Wildman–Crippen LogP) is 3.42. The highest BCUT2D eigenvalue weighted by Gasteiger charge is 2.45. The van der Waals surface area contributed by atoms with Crippen LogP contribution >= 0.6 is 0 Å². The zero-order valence-electron chi connectivity index (χ0n) is 11.0. The average Bonchev–Trinajstić information content (AvgIpc) is 2.94. The molecule has 1 saturated heterocycles. The maximum atomic E-state index is 5.78. The first-order valence-corrected chi connectivity index (χ1v) is 6.59. The summed E-state index contributed by atoms with van der Waals surface area (Å²) in [5, 5.41) is 0. The molecule has 1 heterocycles. The molecule has 0 spiro atoms. The third-order valence-electron chi connectivity index (χ3n) is 3.82. The van der Waals surface area contributed by atoms with E-state index in [9.17, 15) is 0 Å². The standard InChI is InChI=1S/C17H17NO/c1-18-16-17(12-13-19-16,14-8-4-2-5-9-14)15-10-6-3-7-11-15/h2-11H,12-13H2,1H3. The SMILES string of the molecule is CN=C1OCCC1(c1ccccc1)c1ccccc1. The topological polar surface area (TPSA) is 21.6 Å². The molecular weight excluding hydrogens is 234 g/mol. The van der Waals surface area contributed by atoms with Gasteiger partial charge in [-0.3, -0.25) is 4.99 Å². The molecule has 0 aliphatic carbocycles. The Labute approximate surface area is 113 Å². The van der Waals surface area contributed by atoms with Crippen molar-refractivity contribution < 1.29 is 4.74 Å². The van der Waals surface area contributed by atoms with Gasteiger partial charge in [0.1, 0.15) is 0 Å². The summed E-state index contributed by atoms with van der Waals surface area (Å²) in [6.45, 7) is 0.719. The summed E-state index contributed by atoms with van der Waals surface area (Å²) in [5.41, 5.74) is 2.27. The normalized spacial score (nSPS) is 19.3. The van der Waals surface area contributed by atoms with Gasteiger partial charge in [0.25, 0.3) is 0 Å². The van der Waals surface area contributed by atoms with Crippen LogP contribution < -0.4 is 0 Å². The van der Waals surface area contributed by atoms with Crippen LogP contribution in [0.5, 0.6) is 0 Å². The fourth-order valence-electron chi connectivity index (χ4n) is 2.93. The molecule has 96 valence electrons. The predicted molar refractivity (Wildman–Crippen MR) is 77.6 cm³/mol. The highest BCUT2D eigenvalue weighted by molar-refractivity contribution is 5.93. The third kappa shape index (κ3) is 1.84. The van der Waals surface area contributed by atoms with Crippen LogP contribution in [-0.4, -0.2) is 19.6 Å². The highest BCUT2D eigenvalue weighted by atomic mass is 16.5. The first-order valence-electron chi connectivity index (χ1n) is 6.59. The van der Waals surface area contributed by atoms with Gasteiger partial charge in [0.2, 0.25) is 0 Å². The molecule has 0 unspecified atom stereocenters. The van der Waals surface area contributed by atoms with Crippen molar-refractivity contribution in [2.75, 3.05) is 13.7 Å². The lowest BCUT2D eigenvalue weighted by molar-refractivity contribution is 0.343. The molecule has 0 amide bonds. The third-order valence-corrected chi connectivity index (χ3v) is 3.82. The largest absolute Gasteiger partial charge is 0.480 e. The van der Waals surface area contributed by atoms with E-state index in [1.165, 1.54) is 11.1 Å². The molecule has 2 aromatic carbocycles. The molecule has 1 aliphatic rings. The number of benzene rings is 2. The minimum absolute atomic E-state index is 0.225. The summed E-state index contributed by atoms with van der Waals surface area (Å²) in [7, 11) is 1.81. The Balaban J connectivity index is 2.23. The van der Waals surface area contributed by atoms with E-state index in [4.69, 9.17) is 4.74 Å². The fourth-order valence-corrected chi connectivity index (χ4v) is 2.93. The van der Waals surface area contributed by atoms with Gasteiger partial charge in [-0.05, 0) is 11.1 Å². The smallest absolute Gasteiger partial charge is 0.198 e. The monoisotopic (exact) mass is 251 g/mol. The van der Waals surface area contributed by atoms with Crippen molar-refractivity contribution >= 4 is 5.90 Å².